The summed E-state index contributed by atoms with van der Waals surface area (Å²) >= 11 is 0. The van der Waals surface area contributed by atoms with Crippen molar-refractivity contribution >= 4 is 13.6 Å². The average molecular weight is 294 g/mol. The van der Waals surface area contributed by atoms with E-state index in [0.29, 0.717) is 5.31 Å². The second-order valence-corrected chi connectivity index (χ2v) is 6.10. The molecule has 0 heterocycles. The monoisotopic (exact) mass is 294 g/mol. The van der Waals surface area contributed by atoms with Crippen molar-refractivity contribution in [1.82, 2.24) is 0 Å². The smallest absolute Gasteiger partial charge is 0.345 e. The van der Waals surface area contributed by atoms with Crippen molar-refractivity contribution in [2.45, 2.75) is 12.8 Å². The molecule has 0 bridgehead atoms. The van der Waals surface area contributed by atoms with Gasteiger partial charge in [0.05, 0.1) is 5.92 Å². The number of allylic oxidation sites excluding steroid dienone is 4. The summed E-state index contributed by atoms with van der Waals surface area (Å²) in [6, 6.07) is 19.7. The molecule has 1 aliphatic carbocycles. The van der Waals surface area contributed by atoms with Gasteiger partial charge in [-0.1, -0.05) is 71.3 Å². The fourth-order valence-electron chi connectivity index (χ4n) is 2.84. The Morgan fingerprint density at radius 3 is 2.10 bits per heavy atom. The van der Waals surface area contributed by atoms with E-state index in [9.17, 15) is 9.46 Å². The van der Waals surface area contributed by atoms with Gasteiger partial charge < -0.3 is 4.89 Å². The van der Waals surface area contributed by atoms with E-state index in [-0.39, 0.29) is 5.92 Å². The predicted molar refractivity (Wildman–Crippen MR) is 83.9 cm³/mol. The summed E-state index contributed by atoms with van der Waals surface area (Å²) < 4.78 is 11.7. The fraction of sp³-hybridized carbons (Fsp3) is 0.111. The lowest BCUT2D eigenvalue weighted by Crippen LogP contribution is -1.99. The van der Waals surface area contributed by atoms with E-state index in [4.69, 9.17) is 0 Å². The number of hydrogen-bond donors (Lipinski definition) is 0. The summed E-state index contributed by atoms with van der Waals surface area (Å²) in [6.45, 7) is 1.89. The van der Waals surface area contributed by atoms with Crippen LogP contribution in [0.4, 0.5) is 0 Å². The summed E-state index contributed by atoms with van der Waals surface area (Å²) in [5.41, 5.74) is 3.93. The van der Waals surface area contributed by atoms with Crippen LogP contribution in [0.25, 0.3) is 5.57 Å². The first kappa shape index (κ1) is 13.9. The minimum absolute atomic E-state index is 0.178. The highest BCUT2D eigenvalue weighted by atomic mass is 31.1. The van der Waals surface area contributed by atoms with Gasteiger partial charge in [0.25, 0.3) is 0 Å². The lowest BCUT2D eigenvalue weighted by molar-refractivity contribution is -0.162. The molecule has 104 valence electrons. The van der Waals surface area contributed by atoms with Crippen LogP contribution >= 0.6 is 8.03 Å². The first-order chi connectivity index (χ1) is 10.2. The molecule has 0 radical (unpaired) electrons. The van der Waals surface area contributed by atoms with Gasteiger partial charge >= 0.3 is 8.03 Å². The molecular weight excluding hydrogens is 279 g/mol. The lowest BCUT2D eigenvalue weighted by Gasteiger charge is -2.07. The lowest BCUT2D eigenvalue weighted by atomic mass is 9.99. The van der Waals surface area contributed by atoms with Crippen molar-refractivity contribution in [3.8, 4) is 0 Å². The van der Waals surface area contributed by atoms with E-state index in [1.807, 2.05) is 67.6 Å². The Morgan fingerprint density at radius 1 is 0.952 bits per heavy atom. The van der Waals surface area contributed by atoms with Gasteiger partial charge in [0.15, 0.2) is 5.31 Å². The highest BCUT2D eigenvalue weighted by Crippen LogP contribution is 2.49. The zero-order valence-electron chi connectivity index (χ0n) is 11.7. The van der Waals surface area contributed by atoms with Gasteiger partial charge in [-0.2, -0.15) is 0 Å². The molecule has 0 saturated carbocycles. The molecule has 0 saturated heterocycles. The molecular formula is C18H15O2P. The van der Waals surface area contributed by atoms with Crippen LogP contribution in [0.2, 0.25) is 0 Å². The van der Waals surface area contributed by atoms with E-state index in [0.717, 1.165) is 22.3 Å². The molecule has 2 nitrogen and oxygen atoms in total. The van der Waals surface area contributed by atoms with Crippen LogP contribution < -0.4 is 4.89 Å². The highest BCUT2D eigenvalue weighted by Gasteiger charge is 2.34. The van der Waals surface area contributed by atoms with E-state index < -0.39 is 8.03 Å². The molecule has 0 aromatic heterocycles. The molecule has 21 heavy (non-hydrogen) atoms. The molecule has 2 aromatic carbocycles. The Kier molecular flexibility index (Phi) is 3.83. The summed E-state index contributed by atoms with van der Waals surface area (Å²) in [4.78, 5) is 11.7. The average Bonchev–Trinajstić information content (AvgIpc) is 2.87. The minimum Gasteiger partial charge on any atom is -0.591 e. The zero-order chi connectivity index (χ0) is 14.8. The largest absolute Gasteiger partial charge is 0.591 e. The maximum Gasteiger partial charge on any atom is 0.345 e. The molecule has 2 aromatic rings. The molecule has 0 amide bonds. The Hall–Kier alpha value is -2.02. The third-order valence-corrected chi connectivity index (χ3v) is 4.86. The van der Waals surface area contributed by atoms with Crippen LogP contribution in [0.5, 0.6) is 0 Å². The molecule has 3 rings (SSSR count). The van der Waals surface area contributed by atoms with Gasteiger partial charge in [-0.05, 0) is 23.6 Å². The van der Waals surface area contributed by atoms with Gasteiger partial charge in [0.2, 0.25) is 0 Å². The first-order valence-corrected chi connectivity index (χ1v) is 8.04. The van der Waals surface area contributed by atoms with Gasteiger partial charge in [-0.15, -0.1) is 0 Å². The zero-order valence-corrected chi connectivity index (χ0v) is 12.6. The molecule has 3 heteroatoms. The Bertz CT molecular complexity index is 730. The molecule has 0 spiro atoms. The van der Waals surface area contributed by atoms with Crippen LogP contribution in [0.1, 0.15) is 24.0 Å². The van der Waals surface area contributed by atoms with Gasteiger partial charge in [0.1, 0.15) is 0 Å². The maximum atomic E-state index is 11.7. The SMILES string of the molecule is CC1=C([P+](=O)[O-])C(c2ccccc2)C=C1c1ccccc1. The van der Waals surface area contributed by atoms with Crippen LogP contribution in [0.3, 0.4) is 0 Å². The van der Waals surface area contributed by atoms with E-state index in [1.54, 1.807) is 0 Å². The topological polar surface area (TPSA) is 40.1 Å². The summed E-state index contributed by atoms with van der Waals surface area (Å²) in [6.07, 6.45) is 2.06. The van der Waals surface area contributed by atoms with Crippen molar-refractivity contribution in [2.75, 3.05) is 0 Å². The predicted octanol–water partition coefficient (Wildman–Crippen LogP) is 4.24. The fourth-order valence-corrected chi connectivity index (χ4v) is 3.68. The normalized spacial score (nSPS) is 18.7. The third-order valence-electron chi connectivity index (χ3n) is 3.86. The van der Waals surface area contributed by atoms with Gasteiger partial charge in [-0.3, -0.25) is 0 Å². The van der Waals surface area contributed by atoms with Crippen molar-refractivity contribution in [2.24, 2.45) is 0 Å². The van der Waals surface area contributed by atoms with E-state index in [2.05, 4.69) is 6.08 Å². The standard InChI is InChI=1S/C18H15O2P/c1-13-16(14-8-4-2-5-9-14)12-17(18(13)21(19)20)15-10-6-3-7-11-15/h2-12,17H,1H3. The Morgan fingerprint density at radius 2 is 1.52 bits per heavy atom. The number of hydrogen-bond acceptors (Lipinski definition) is 2. The van der Waals surface area contributed by atoms with Crippen LogP contribution in [0, 0.1) is 0 Å². The summed E-state index contributed by atoms with van der Waals surface area (Å²) in [5, 5.41) is 0.509. The van der Waals surface area contributed by atoms with E-state index in [1.165, 1.54) is 0 Å². The summed E-state index contributed by atoms with van der Waals surface area (Å²) in [5.74, 6) is -0.178. The Balaban J connectivity index is 2.13. The Labute approximate surface area is 125 Å². The molecule has 2 unspecified atom stereocenters. The van der Waals surface area contributed by atoms with Crippen molar-refractivity contribution in [3.05, 3.63) is 88.8 Å². The first-order valence-electron chi connectivity index (χ1n) is 6.86. The maximum absolute atomic E-state index is 11.7. The van der Waals surface area contributed by atoms with Crippen molar-refractivity contribution < 1.29 is 9.46 Å². The van der Waals surface area contributed by atoms with Crippen LogP contribution in [-0.4, -0.2) is 0 Å². The minimum atomic E-state index is -2.59. The van der Waals surface area contributed by atoms with E-state index >= 15 is 0 Å². The highest BCUT2D eigenvalue weighted by molar-refractivity contribution is 7.41. The van der Waals surface area contributed by atoms with Crippen LogP contribution in [-0.2, 0) is 4.57 Å². The van der Waals surface area contributed by atoms with Gasteiger partial charge in [-0.25, -0.2) is 0 Å². The second kappa shape index (κ2) is 5.77. The van der Waals surface area contributed by atoms with Crippen molar-refractivity contribution in [3.63, 3.8) is 0 Å². The molecule has 0 fully saturated rings. The summed E-state index contributed by atoms with van der Waals surface area (Å²) in [7, 11) is -2.59. The van der Waals surface area contributed by atoms with Gasteiger partial charge in [0, 0.05) is 5.57 Å². The quantitative estimate of drug-likeness (QED) is 0.794. The number of rotatable bonds is 3. The molecule has 2 atom stereocenters. The van der Waals surface area contributed by atoms with Crippen molar-refractivity contribution in [1.29, 1.82) is 0 Å². The molecule has 0 aliphatic heterocycles. The third kappa shape index (κ3) is 2.61. The van der Waals surface area contributed by atoms with Crippen LogP contribution in [0.15, 0.2) is 77.6 Å². The molecule has 0 N–H and O–H groups in total. The second-order valence-electron chi connectivity index (χ2n) is 5.10. The molecule has 1 aliphatic rings. The number of benzene rings is 2.